The number of carboxylic acids is 1. The van der Waals surface area contributed by atoms with Crippen LogP contribution in [0.3, 0.4) is 0 Å². The largest absolute Gasteiger partial charge is 0.478 e. The van der Waals surface area contributed by atoms with Gasteiger partial charge >= 0.3 is 12.1 Å². The van der Waals surface area contributed by atoms with Crippen molar-refractivity contribution in [2.75, 3.05) is 26.2 Å². The number of ether oxygens (including phenoxy) is 1. The molecular weight excluding hydrogens is 481 g/mol. The number of hydrogen-bond acceptors (Lipinski definition) is 5. The van der Waals surface area contributed by atoms with Crippen LogP contribution >= 0.6 is 23.2 Å². The number of amides is 2. The van der Waals surface area contributed by atoms with Crippen LogP contribution in [0.15, 0.2) is 40.7 Å². The highest BCUT2D eigenvalue weighted by atomic mass is 35.5. The summed E-state index contributed by atoms with van der Waals surface area (Å²) in [6, 6.07) is 4.81. The van der Waals surface area contributed by atoms with E-state index in [1.54, 1.807) is 62.6 Å². The number of nitrogens with one attached hydrogen (secondary N) is 1. The lowest BCUT2D eigenvalue weighted by atomic mass is 9.79. The van der Waals surface area contributed by atoms with E-state index in [9.17, 15) is 19.5 Å². The van der Waals surface area contributed by atoms with Crippen molar-refractivity contribution in [2.24, 2.45) is 0 Å². The molecule has 10 heteroatoms. The van der Waals surface area contributed by atoms with Crippen molar-refractivity contribution in [2.45, 2.75) is 46.1 Å². The molecule has 3 rings (SSSR count). The van der Waals surface area contributed by atoms with Gasteiger partial charge in [-0.3, -0.25) is 4.79 Å². The molecule has 0 aromatic heterocycles. The van der Waals surface area contributed by atoms with Gasteiger partial charge in [0, 0.05) is 53.2 Å². The summed E-state index contributed by atoms with van der Waals surface area (Å²) in [5.74, 6) is -2.30. The van der Waals surface area contributed by atoms with Gasteiger partial charge in [-0.25, -0.2) is 9.59 Å². The average Bonchev–Trinajstić information content (AvgIpc) is 2.70. The number of dihydropyridines is 1. The summed E-state index contributed by atoms with van der Waals surface area (Å²) in [6.45, 7) is 10.0. The van der Waals surface area contributed by atoms with Crippen LogP contribution in [-0.4, -0.2) is 64.7 Å². The highest BCUT2D eigenvalue weighted by Gasteiger charge is 2.39. The number of benzene rings is 1. The van der Waals surface area contributed by atoms with Crippen molar-refractivity contribution in [3.05, 3.63) is 56.3 Å². The van der Waals surface area contributed by atoms with Gasteiger partial charge < -0.3 is 25.0 Å². The van der Waals surface area contributed by atoms with Gasteiger partial charge in [0.2, 0.25) is 0 Å². The summed E-state index contributed by atoms with van der Waals surface area (Å²) in [5.41, 5.74) is 1.28. The summed E-state index contributed by atoms with van der Waals surface area (Å²) in [7, 11) is 0. The molecule has 1 atom stereocenters. The Bertz CT molecular complexity index is 1060. The Morgan fingerprint density at radius 2 is 1.44 bits per heavy atom. The van der Waals surface area contributed by atoms with Gasteiger partial charge in [-0.2, -0.15) is 0 Å². The van der Waals surface area contributed by atoms with Gasteiger partial charge in [0.25, 0.3) is 5.91 Å². The Morgan fingerprint density at radius 3 is 1.94 bits per heavy atom. The maximum atomic E-state index is 13.7. The van der Waals surface area contributed by atoms with Gasteiger partial charge in [0.1, 0.15) is 5.60 Å². The maximum Gasteiger partial charge on any atom is 0.410 e. The Morgan fingerprint density at radius 1 is 0.941 bits per heavy atom. The summed E-state index contributed by atoms with van der Waals surface area (Å²) in [5, 5.41) is 13.7. The molecule has 1 aromatic carbocycles. The average molecular weight is 510 g/mol. The van der Waals surface area contributed by atoms with Crippen molar-refractivity contribution in [1.29, 1.82) is 0 Å². The Hall–Kier alpha value is -2.71. The molecule has 2 amide bonds. The summed E-state index contributed by atoms with van der Waals surface area (Å²) < 4.78 is 5.42. The molecule has 184 valence electrons. The fourth-order valence-corrected chi connectivity index (χ4v) is 4.77. The van der Waals surface area contributed by atoms with E-state index >= 15 is 0 Å². The third-order valence-corrected chi connectivity index (χ3v) is 6.09. The van der Waals surface area contributed by atoms with E-state index < -0.39 is 23.6 Å². The normalized spacial score (nSPS) is 19.2. The summed E-state index contributed by atoms with van der Waals surface area (Å²) in [4.78, 5) is 41.5. The van der Waals surface area contributed by atoms with Crippen molar-refractivity contribution < 1.29 is 24.2 Å². The highest BCUT2D eigenvalue weighted by molar-refractivity contribution is 6.34. The first-order chi connectivity index (χ1) is 15.8. The van der Waals surface area contributed by atoms with E-state index in [-0.39, 0.29) is 11.5 Å². The fourth-order valence-electron chi connectivity index (χ4n) is 4.23. The number of nitrogens with zero attached hydrogens (tertiary/aromatic N) is 2. The first kappa shape index (κ1) is 25.9. The van der Waals surface area contributed by atoms with Gasteiger partial charge in [0.15, 0.2) is 0 Å². The highest BCUT2D eigenvalue weighted by Crippen LogP contribution is 2.40. The summed E-state index contributed by atoms with van der Waals surface area (Å²) in [6.07, 6.45) is -0.424. The maximum absolute atomic E-state index is 13.7. The van der Waals surface area contributed by atoms with Crippen LogP contribution in [0.5, 0.6) is 0 Å². The second-order valence-corrected chi connectivity index (χ2v) is 10.3. The molecule has 1 aromatic rings. The van der Waals surface area contributed by atoms with Gasteiger partial charge in [0.05, 0.1) is 11.5 Å². The molecule has 2 aliphatic rings. The zero-order valence-corrected chi connectivity index (χ0v) is 21.4. The standard InChI is InChI=1S/C24H29Cl2N3O5/c1-13-18(21(30)28-6-8-29(9-7-28)23(33)34-24(3,4)5)20(19(22(31)32)14(2)27-13)15-10-16(25)12-17(26)11-15/h10-12,20,27H,6-9H2,1-5H3,(H,31,32). The number of aliphatic carboxylic acids is 1. The first-order valence-electron chi connectivity index (χ1n) is 10.9. The van der Waals surface area contributed by atoms with E-state index in [0.717, 1.165) is 0 Å². The van der Waals surface area contributed by atoms with Crippen LogP contribution in [0.1, 0.15) is 46.1 Å². The van der Waals surface area contributed by atoms with Crippen LogP contribution < -0.4 is 5.32 Å². The zero-order chi connectivity index (χ0) is 25.4. The zero-order valence-electron chi connectivity index (χ0n) is 19.9. The van der Waals surface area contributed by atoms with Crippen molar-refractivity contribution in [1.82, 2.24) is 15.1 Å². The van der Waals surface area contributed by atoms with Gasteiger partial charge in [-0.1, -0.05) is 23.2 Å². The molecule has 0 radical (unpaired) electrons. The molecule has 0 bridgehead atoms. The molecule has 0 aliphatic carbocycles. The lowest BCUT2D eigenvalue weighted by Crippen LogP contribution is -2.52. The van der Waals surface area contributed by atoms with Crippen LogP contribution in [0.2, 0.25) is 10.0 Å². The molecule has 0 spiro atoms. The van der Waals surface area contributed by atoms with Crippen molar-refractivity contribution in [3.8, 4) is 0 Å². The topological polar surface area (TPSA) is 99.2 Å². The molecule has 2 heterocycles. The first-order valence-corrected chi connectivity index (χ1v) is 11.7. The van der Waals surface area contributed by atoms with Gasteiger partial charge in [-0.05, 0) is 58.4 Å². The van der Waals surface area contributed by atoms with Crippen LogP contribution in [0, 0.1) is 0 Å². The third-order valence-electron chi connectivity index (χ3n) is 5.66. The van der Waals surface area contributed by atoms with E-state index in [0.29, 0.717) is 58.8 Å². The minimum absolute atomic E-state index is 0.0553. The molecule has 0 saturated carbocycles. The molecular formula is C24H29Cl2N3O5. The Balaban J connectivity index is 1.91. The number of carbonyl (C=O) groups is 3. The second-order valence-electron chi connectivity index (χ2n) is 9.40. The van der Waals surface area contributed by atoms with Crippen LogP contribution in [0.4, 0.5) is 4.79 Å². The summed E-state index contributed by atoms with van der Waals surface area (Å²) >= 11 is 12.4. The number of hydrogen-bond donors (Lipinski definition) is 2. The minimum Gasteiger partial charge on any atom is -0.478 e. The molecule has 1 unspecified atom stereocenters. The number of carboxylic acid groups (broad SMARTS) is 1. The minimum atomic E-state index is -1.14. The van der Waals surface area contributed by atoms with Crippen molar-refractivity contribution in [3.63, 3.8) is 0 Å². The van der Waals surface area contributed by atoms with E-state index in [1.807, 2.05) is 0 Å². The second kappa shape index (κ2) is 9.88. The molecule has 1 fully saturated rings. The van der Waals surface area contributed by atoms with E-state index in [2.05, 4.69) is 5.32 Å². The number of piperazine rings is 1. The van der Waals surface area contributed by atoms with Gasteiger partial charge in [-0.15, -0.1) is 0 Å². The third kappa shape index (κ3) is 5.67. The smallest absolute Gasteiger partial charge is 0.410 e. The molecule has 8 nitrogen and oxygen atoms in total. The Kier molecular flexibility index (Phi) is 7.53. The SMILES string of the molecule is CC1=C(C(=O)O)C(c2cc(Cl)cc(Cl)c2)C(C(=O)N2CCN(C(=O)OC(C)(C)C)CC2)=C(C)N1. The van der Waals surface area contributed by atoms with E-state index in [4.69, 9.17) is 27.9 Å². The molecule has 2 N–H and O–H groups in total. The number of allylic oxidation sites excluding steroid dienone is 2. The lowest BCUT2D eigenvalue weighted by molar-refractivity contribution is -0.133. The Labute approximate surface area is 209 Å². The van der Waals surface area contributed by atoms with E-state index in [1.165, 1.54) is 0 Å². The van der Waals surface area contributed by atoms with Crippen molar-refractivity contribution >= 4 is 41.2 Å². The number of rotatable bonds is 3. The quantitative estimate of drug-likeness (QED) is 0.626. The predicted octanol–water partition coefficient (Wildman–Crippen LogP) is 4.39. The predicted molar refractivity (Wildman–Crippen MR) is 130 cm³/mol. The molecule has 34 heavy (non-hydrogen) atoms. The van der Waals surface area contributed by atoms with Crippen LogP contribution in [-0.2, 0) is 14.3 Å². The monoisotopic (exact) mass is 509 g/mol. The fraction of sp³-hybridized carbons (Fsp3) is 0.458. The lowest BCUT2D eigenvalue weighted by Gasteiger charge is -2.38. The molecule has 1 saturated heterocycles. The number of carbonyl (C=O) groups excluding carboxylic acids is 2. The molecule has 2 aliphatic heterocycles. The number of halogens is 2. The van der Waals surface area contributed by atoms with Crippen LogP contribution in [0.25, 0.3) is 0 Å².